The van der Waals surface area contributed by atoms with E-state index in [4.69, 9.17) is 9.47 Å². The van der Waals surface area contributed by atoms with E-state index in [1.807, 2.05) is 32.0 Å². The summed E-state index contributed by atoms with van der Waals surface area (Å²) in [6.07, 6.45) is 2.77. The van der Waals surface area contributed by atoms with Crippen LogP contribution in [-0.4, -0.2) is 30.1 Å². The Morgan fingerprint density at radius 3 is 3.05 bits per heavy atom. The molecule has 1 aromatic heterocycles. The monoisotopic (exact) mass is 273 g/mol. The molecule has 20 heavy (non-hydrogen) atoms. The molecule has 0 aliphatic carbocycles. The van der Waals surface area contributed by atoms with Gasteiger partial charge in [-0.1, -0.05) is 0 Å². The lowest BCUT2D eigenvalue weighted by molar-refractivity contribution is 0.0879. The Bertz CT molecular complexity index is 632. The first kappa shape index (κ1) is 13.2. The zero-order chi connectivity index (χ0) is 14.1. The maximum absolute atomic E-state index is 12.6. The predicted molar refractivity (Wildman–Crippen MR) is 77.3 cm³/mol. The lowest BCUT2D eigenvalue weighted by Crippen LogP contribution is -2.14. The minimum atomic E-state index is -0.0280. The number of aromatic amines is 1. The molecular formula is C16H19NO3. The fraction of sp³-hybridized carbons (Fsp3) is 0.438. The molecule has 4 heteroatoms. The standard InChI is InChI=1S/C16H19NO3/c1-3-19-12-4-5-15-13(7-12)14(8-17-15)16(18)11-6-10(2)20-9-11/h4-5,7-8,10-11,17H,3,6,9H2,1-2H3. The largest absolute Gasteiger partial charge is 0.494 e. The van der Waals surface area contributed by atoms with Crippen LogP contribution in [0.15, 0.2) is 24.4 Å². The second-order valence-corrected chi connectivity index (χ2v) is 5.28. The Hall–Kier alpha value is -1.81. The molecule has 1 aliphatic heterocycles. The number of Topliss-reactive ketones (excluding diaryl/α,β-unsaturated/α-hetero) is 1. The van der Waals surface area contributed by atoms with Crippen molar-refractivity contribution in [3.8, 4) is 5.75 Å². The summed E-state index contributed by atoms with van der Waals surface area (Å²) < 4.78 is 11.0. The smallest absolute Gasteiger partial charge is 0.170 e. The minimum Gasteiger partial charge on any atom is -0.494 e. The van der Waals surface area contributed by atoms with Crippen LogP contribution in [0.25, 0.3) is 10.9 Å². The molecule has 2 atom stereocenters. The molecule has 2 heterocycles. The lowest BCUT2D eigenvalue weighted by Gasteiger charge is -2.07. The number of H-pyrrole nitrogens is 1. The van der Waals surface area contributed by atoms with E-state index in [-0.39, 0.29) is 17.8 Å². The fourth-order valence-electron chi connectivity index (χ4n) is 2.78. The van der Waals surface area contributed by atoms with Gasteiger partial charge < -0.3 is 14.5 Å². The van der Waals surface area contributed by atoms with Crippen molar-refractivity contribution in [1.29, 1.82) is 0 Å². The van der Waals surface area contributed by atoms with Crippen LogP contribution < -0.4 is 4.74 Å². The zero-order valence-electron chi connectivity index (χ0n) is 11.8. The van der Waals surface area contributed by atoms with Crippen molar-refractivity contribution in [3.63, 3.8) is 0 Å². The number of ether oxygens (including phenoxy) is 2. The molecule has 106 valence electrons. The highest BCUT2D eigenvalue weighted by atomic mass is 16.5. The first-order valence-electron chi connectivity index (χ1n) is 7.08. The molecule has 1 aliphatic rings. The van der Waals surface area contributed by atoms with Gasteiger partial charge in [-0.3, -0.25) is 4.79 Å². The van der Waals surface area contributed by atoms with Gasteiger partial charge in [-0.25, -0.2) is 0 Å². The van der Waals surface area contributed by atoms with E-state index < -0.39 is 0 Å². The quantitative estimate of drug-likeness (QED) is 0.870. The molecule has 0 amide bonds. The number of carbonyl (C=O) groups excluding carboxylic acids is 1. The number of nitrogens with one attached hydrogen (secondary N) is 1. The summed E-state index contributed by atoms with van der Waals surface area (Å²) in [7, 11) is 0. The third-order valence-electron chi connectivity index (χ3n) is 3.80. The number of benzene rings is 1. The van der Waals surface area contributed by atoms with Crippen LogP contribution >= 0.6 is 0 Å². The normalized spacial score (nSPS) is 22.3. The molecule has 0 spiro atoms. The van der Waals surface area contributed by atoms with Crippen LogP contribution in [0.3, 0.4) is 0 Å². The molecule has 2 aromatic rings. The number of ketones is 1. The number of aromatic nitrogens is 1. The Morgan fingerprint density at radius 2 is 2.35 bits per heavy atom. The highest BCUT2D eigenvalue weighted by Gasteiger charge is 2.30. The predicted octanol–water partition coefficient (Wildman–Crippen LogP) is 3.17. The Balaban J connectivity index is 1.94. The average Bonchev–Trinajstić information content (AvgIpc) is 3.04. The number of carbonyl (C=O) groups is 1. The van der Waals surface area contributed by atoms with Crippen LogP contribution in [0.1, 0.15) is 30.6 Å². The van der Waals surface area contributed by atoms with E-state index in [1.165, 1.54) is 0 Å². The van der Waals surface area contributed by atoms with Gasteiger partial charge in [0.2, 0.25) is 0 Å². The highest BCUT2D eigenvalue weighted by molar-refractivity contribution is 6.09. The molecule has 0 bridgehead atoms. The van der Waals surface area contributed by atoms with Gasteiger partial charge >= 0.3 is 0 Å². The molecular weight excluding hydrogens is 254 g/mol. The van der Waals surface area contributed by atoms with Crippen LogP contribution in [0.5, 0.6) is 5.75 Å². The molecule has 1 aromatic carbocycles. The van der Waals surface area contributed by atoms with Gasteiger partial charge in [0.25, 0.3) is 0 Å². The topological polar surface area (TPSA) is 51.3 Å². The van der Waals surface area contributed by atoms with Crippen molar-refractivity contribution in [2.24, 2.45) is 5.92 Å². The van der Waals surface area contributed by atoms with Crippen molar-refractivity contribution in [2.75, 3.05) is 13.2 Å². The molecule has 3 rings (SSSR count). The van der Waals surface area contributed by atoms with Gasteiger partial charge in [0.15, 0.2) is 5.78 Å². The second-order valence-electron chi connectivity index (χ2n) is 5.28. The van der Waals surface area contributed by atoms with E-state index in [9.17, 15) is 4.79 Å². The summed E-state index contributed by atoms with van der Waals surface area (Å²) in [6, 6.07) is 5.80. The SMILES string of the molecule is CCOc1ccc2[nH]cc(C(=O)C3COC(C)C3)c2c1. The van der Waals surface area contributed by atoms with E-state index in [1.54, 1.807) is 6.20 Å². The van der Waals surface area contributed by atoms with E-state index in [0.717, 1.165) is 28.6 Å². The van der Waals surface area contributed by atoms with Gasteiger partial charge in [0.1, 0.15) is 5.75 Å². The van der Waals surface area contributed by atoms with Gasteiger partial charge in [-0.05, 0) is 38.5 Å². The molecule has 0 radical (unpaired) electrons. The lowest BCUT2D eigenvalue weighted by atomic mass is 9.95. The van der Waals surface area contributed by atoms with Gasteiger partial charge in [0.05, 0.1) is 19.3 Å². The Labute approximate surface area is 118 Å². The van der Waals surface area contributed by atoms with Crippen molar-refractivity contribution in [1.82, 2.24) is 4.98 Å². The Kier molecular flexibility index (Phi) is 3.49. The van der Waals surface area contributed by atoms with Gasteiger partial charge in [0, 0.05) is 28.6 Å². The summed E-state index contributed by atoms with van der Waals surface area (Å²) >= 11 is 0. The summed E-state index contributed by atoms with van der Waals surface area (Å²) in [6.45, 7) is 5.10. The van der Waals surface area contributed by atoms with Crippen LogP contribution in [0, 0.1) is 5.92 Å². The molecule has 1 saturated heterocycles. The van der Waals surface area contributed by atoms with E-state index in [2.05, 4.69) is 4.98 Å². The molecule has 1 fully saturated rings. The number of fused-ring (bicyclic) bond motifs is 1. The first-order valence-corrected chi connectivity index (χ1v) is 7.08. The molecule has 0 saturated carbocycles. The summed E-state index contributed by atoms with van der Waals surface area (Å²) in [5.74, 6) is 0.929. The Morgan fingerprint density at radius 1 is 1.50 bits per heavy atom. The van der Waals surface area contributed by atoms with Crippen molar-refractivity contribution in [2.45, 2.75) is 26.4 Å². The first-order chi connectivity index (χ1) is 9.69. The molecule has 1 N–H and O–H groups in total. The number of hydrogen-bond donors (Lipinski definition) is 1. The minimum absolute atomic E-state index is 0.0280. The van der Waals surface area contributed by atoms with Gasteiger partial charge in [-0.15, -0.1) is 0 Å². The molecule has 2 unspecified atom stereocenters. The number of rotatable bonds is 4. The summed E-state index contributed by atoms with van der Waals surface area (Å²) in [4.78, 5) is 15.8. The fourth-order valence-corrected chi connectivity index (χ4v) is 2.78. The maximum Gasteiger partial charge on any atom is 0.170 e. The van der Waals surface area contributed by atoms with Gasteiger partial charge in [-0.2, -0.15) is 0 Å². The van der Waals surface area contributed by atoms with Crippen molar-refractivity contribution < 1.29 is 14.3 Å². The second kappa shape index (κ2) is 5.29. The van der Waals surface area contributed by atoms with Crippen molar-refractivity contribution in [3.05, 3.63) is 30.0 Å². The van der Waals surface area contributed by atoms with Crippen LogP contribution in [0.2, 0.25) is 0 Å². The molecule has 4 nitrogen and oxygen atoms in total. The number of hydrogen-bond acceptors (Lipinski definition) is 3. The third kappa shape index (κ3) is 2.31. The third-order valence-corrected chi connectivity index (χ3v) is 3.80. The van der Waals surface area contributed by atoms with Crippen molar-refractivity contribution >= 4 is 16.7 Å². The summed E-state index contributed by atoms with van der Waals surface area (Å²) in [5, 5.41) is 0.931. The van der Waals surface area contributed by atoms with E-state index >= 15 is 0 Å². The highest BCUT2D eigenvalue weighted by Crippen LogP contribution is 2.29. The zero-order valence-corrected chi connectivity index (χ0v) is 11.8. The maximum atomic E-state index is 12.6. The van der Waals surface area contributed by atoms with E-state index in [0.29, 0.717) is 13.2 Å². The van der Waals surface area contributed by atoms with Crippen LogP contribution in [0.4, 0.5) is 0 Å². The summed E-state index contributed by atoms with van der Waals surface area (Å²) in [5.41, 5.74) is 1.70. The van der Waals surface area contributed by atoms with Crippen LogP contribution in [-0.2, 0) is 4.74 Å². The average molecular weight is 273 g/mol.